The molecule has 18 heavy (non-hydrogen) atoms. The molecule has 0 radical (unpaired) electrons. The van der Waals surface area contributed by atoms with Gasteiger partial charge in [0.15, 0.2) is 0 Å². The fraction of sp³-hybridized carbons (Fsp3) is 0.364. The molecular formula is C11H15NO5S. The van der Waals surface area contributed by atoms with Gasteiger partial charge in [-0.05, 0) is 17.7 Å². The summed E-state index contributed by atoms with van der Waals surface area (Å²) in [7, 11) is -2.30. The molecule has 100 valence electrons. The molecule has 0 amide bonds. The number of phenolic OH excluding ortho intramolecular Hbond substituents is 1. The molecule has 0 aliphatic heterocycles. The Morgan fingerprint density at radius 3 is 2.50 bits per heavy atom. The fourth-order valence-corrected chi connectivity index (χ4v) is 2.17. The number of phenols is 1. The van der Waals surface area contributed by atoms with Crippen LogP contribution in [0.5, 0.6) is 5.75 Å². The molecule has 0 spiro atoms. The highest BCUT2D eigenvalue weighted by Gasteiger charge is 2.13. The maximum Gasteiger partial charge on any atom is 0.306 e. The molecule has 1 aromatic carbocycles. The third kappa shape index (κ3) is 5.15. The number of esters is 1. The largest absolute Gasteiger partial charge is 0.508 e. The van der Waals surface area contributed by atoms with E-state index in [4.69, 9.17) is 5.11 Å². The summed E-state index contributed by atoms with van der Waals surface area (Å²) in [5, 5.41) is 9.07. The van der Waals surface area contributed by atoms with Crippen LogP contribution in [0.3, 0.4) is 0 Å². The molecule has 1 rings (SSSR count). The second-order valence-corrected chi connectivity index (χ2v) is 5.56. The monoisotopic (exact) mass is 273 g/mol. The zero-order chi connectivity index (χ0) is 13.6. The van der Waals surface area contributed by atoms with E-state index in [1.807, 2.05) is 0 Å². The molecule has 0 unspecified atom stereocenters. The van der Waals surface area contributed by atoms with Crippen molar-refractivity contribution < 1.29 is 23.1 Å². The highest BCUT2D eigenvalue weighted by atomic mass is 32.2. The Hall–Kier alpha value is -1.60. The van der Waals surface area contributed by atoms with E-state index >= 15 is 0 Å². The van der Waals surface area contributed by atoms with Crippen molar-refractivity contribution in [3.8, 4) is 5.75 Å². The predicted molar refractivity (Wildman–Crippen MR) is 65.4 cm³/mol. The Bertz CT molecular complexity index is 495. The number of aromatic hydroxyl groups is 1. The summed E-state index contributed by atoms with van der Waals surface area (Å²) in [5.41, 5.74) is 0.717. The summed E-state index contributed by atoms with van der Waals surface area (Å²) in [6, 6.07) is 6.16. The Kier molecular flexibility index (Phi) is 5.11. The molecule has 7 heteroatoms. The van der Waals surface area contributed by atoms with Gasteiger partial charge >= 0.3 is 5.97 Å². The first-order chi connectivity index (χ1) is 8.43. The molecule has 0 saturated heterocycles. The molecule has 0 aliphatic carbocycles. The van der Waals surface area contributed by atoms with E-state index in [-0.39, 0.29) is 24.5 Å². The third-order valence-corrected chi connectivity index (χ3v) is 3.56. The second-order valence-electron chi connectivity index (χ2n) is 3.63. The number of carbonyl (C=O) groups is 1. The average molecular weight is 273 g/mol. The number of hydrogen-bond acceptors (Lipinski definition) is 5. The van der Waals surface area contributed by atoms with Crippen LogP contribution in [-0.2, 0) is 26.1 Å². The molecule has 2 N–H and O–H groups in total. The molecule has 0 aromatic heterocycles. The van der Waals surface area contributed by atoms with E-state index in [1.54, 1.807) is 12.1 Å². The van der Waals surface area contributed by atoms with Crippen molar-refractivity contribution in [3.05, 3.63) is 29.8 Å². The maximum atomic E-state index is 11.5. The lowest BCUT2D eigenvalue weighted by Gasteiger charge is -2.06. The van der Waals surface area contributed by atoms with E-state index in [2.05, 4.69) is 9.46 Å². The van der Waals surface area contributed by atoms with Crippen molar-refractivity contribution in [1.29, 1.82) is 0 Å². The van der Waals surface area contributed by atoms with Crippen molar-refractivity contribution in [2.75, 3.05) is 12.9 Å². The minimum Gasteiger partial charge on any atom is -0.508 e. The molecule has 0 saturated carbocycles. The van der Waals surface area contributed by atoms with Gasteiger partial charge in [0.25, 0.3) is 0 Å². The first kappa shape index (κ1) is 14.5. The Morgan fingerprint density at radius 1 is 1.33 bits per heavy atom. The number of ether oxygens (including phenoxy) is 1. The zero-order valence-corrected chi connectivity index (χ0v) is 10.7. The van der Waals surface area contributed by atoms with Crippen molar-refractivity contribution in [2.24, 2.45) is 0 Å². The van der Waals surface area contributed by atoms with Gasteiger partial charge in [0.2, 0.25) is 10.0 Å². The van der Waals surface area contributed by atoms with Gasteiger partial charge in [-0.15, -0.1) is 0 Å². The summed E-state index contributed by atoms with van der Waals surface area (Å²) in [4.78, 5) is 10.8. The maximum absolute atomic E-state index is 11.5. The Morgan fingerprint density at radius 2 is 1.94 bits per heavy atom. The standard InChI is InChI=1S/C11H15NO5S/c1-17-11(14)6-7-18(15,16)12-8-9-2-4-10(13)5-3-9/h2-5,12-13H,6-8H2,1H3. The van der Waals surface area contributed by atoms with Gasteiger partial charge in [-0.25, -0.2) is 13.1 Å². The molecule has 1 aromatic rings. The molecule has 0 bridgehead atoms. The molecule has 0 atom stereocenters. The number of hydrogen-bond donors (Lipinski definition) is 2. The van der Waals surface area contributed by atoms with E-state index < -0.39 is 16.0 Å². The summed E-state index contributed by atoms with van der Waals surface area (Å²) >= 11 is 0. The van der Waals surface area contributed by atoms with Crippen LogP contribution in [0.25, 0.3) is 0 Å². The van der Waals surface area contributed by atoms with Crippen molar-refractivity contribution in [3.63, 3.8) is 0 Å². The van der Waals surface area contributed by atoms with E-state index in [9.17, 15) is 13.2 Å². The van der Waals surface area contributed by atoms with E-state index in [0.29, 0.717) is 0 Å². The van der Waals surface area contributed by atoms with Crippen LogP contribution in [0.4, 0.5) is 0 Å². The summed E-state index contributed by atoms with van der Waals surface area (Å²) in [5.74, 6) is -0.755. The van der Waals surface area contributed by atoms with E-state index in [1.165, 1.54) is 19.2 Å². The Balaban J connectivity index is 2.46. The first-order valence-corrected chi connectivity index (χ1v) is 6.90. The number of carbonyl (C=O) groups excluding carboxylic acids is 1. The van der Waals surface area contributed by atoms with Gasteiger partial charge in [0.05, 0.1) is 19.3 Å². The smallest absolute Gasteiger partial charge is 0.306 e. The van der Waals surface area contributed by atoms with Crippen LogP contribution in [0.15, 0.2) is 24.3 Å². The Labute approximate surface area is 106 Å². The van der Waals surface area contributed by atoms with Crippen LogP contribution in [0.1, 0.15) is 12.0 Å². The first-order valence-electron chi connectivity index (χ1n) is 5.25. The van der Waals surface area contributed by atoms with Crippen molar-refractivity contribution in [1.82, 2.24) is 4.72 Å². The lowest BCUT2D eigenvalue weighted by atomic mass is 10.2. The average Bonchev–Trinajstić information content (AvgIpc) is 2.35. The molecule has 0 aliphatic rings. The van der Waals surface area contributed by atoms with E-state index in [0.717, 1.165) is 5.56 Å². The summed E-state index contributed by atoms with van der Waals surface area (Å²) in [6.45, 7) is 0.115. The zero-order valence-electron chi connectivity index (χ0n) is 9.92. The van der Waals surface area contributed by atoms with Gasteiger partial charge in [0, 0.05) is 6.54 Å². The lowest BCUT2D eigenvalue weighted by molar-refractivity contribution is -0.140. The minimum absolute atomic E-state index is 0.115. The van der Waals surface area contributed by atoms with Crippen molar-refractivity contribution >= 4 is 16.0 Å². The number of methoxy groups -OCH3 is 1. The number of nitrogens with one attached hydrogen (secondary N) is 1. The molecular weight excluding hydrogens is 258 g/mol. The topological polar surface area (TPSA) is 92.7 Å². The van der Waals surface area contributed by atoms with Crippen LogP contribution in [0, 0.1) is 0 Å². The van der Waals surface area contributed by atoms with Gasteiger partial charge in [-0.1, -0.05) is 12.1 Å². The lowest BCUT2D eigenvalue weighted by Crippen LogP contribution is -2.27. The molecule has 0 fully saturated rings. The quantitative estimate of drug-likeness (QED) is 0.731. The number of rotatable bonds is 6. The predicted octanol–water partition coefficient (Wildman–Crippen LogP) is 0.375. The number of sulfonamides is 1. The van der Waals surface area contributed by atoms with Crippen LogP contribution in [0.2, 0.25) is 0 Å². The minimum atomic E-state index is -3.51. The van der Waals surface area contributed by atoms with Crippen LogP contribution < -0.4 is 4.72 Å². The SMILES string of the molecule is COC(=O)CCS(=O)(=O)NCc1ccc(O)cc1. The van der Waals surface area contributed by atoms with Gasteiger partial charge < -0.3 is 9.84 Å². The summed E-state index contributed by atoms with van der Waals surface area (Å²) in [6.07, 6.45) is -0.179. The normalized spacial score (nSPS) is 11.2. The van der Waals surface area contributed by atoms with Gasteiger partial charge in [0.1, 0.15) is 5.75 Å². The summed E-state index contributed by atoms with van der Waals surface area (Å²) < 4.78 is 29.8. The van der Waals surface area contributed by atoms with Crippen LogP contribution in [-0.4, -0.2) is 32.4 Å². The van der Waals surface area contributed by atoms with Gasteiger partial charge in [-0.2, -0.15) is 0 Å². The fourth-order valence-electron chi connectivity index (χ4n) is 1.20. The van der Waals surface area contributed by atoms with Crippen LogP contribution >= 0.6 is 0 Å². The highest BCUT2D eigenvalue weighted by molar-refractivity contribution is 7.89. The molecule has 6 nitrogen and oxygen atoms in total. The second kappa shape index (κ2) is 6.36. The van der Waals surface area contributed by atoms with Crippen molar-refractivity contribution in [2.45, 2.75) is 13.0 Å². The third-order valence-electron chi connectivity index (χ3n) is 2.24. The molecule has 0 heterocycles. The highest BCUT2D eigenvalue weighted by Crippen LogP contribution is 2.09. The van der Waals surface area contributed by atoms with Gasteiger partial charge in [-0.3, -0.25) is 4.79 Å². The number of benzene rings is 1.